The summed E-state index contributed by atoms with van der Waals surface area (Å²) in [6.45, 7) is 0. The van der Waals surface area contributed by atoms with E-state index in [1.807, 2.05) is 24.3 Å². The first-order valence-corrected chi connectivity index (χ1v) is 6.33. The van der Waals surface area contributed by atoms with Crippen molar-refractivity contribution in [2.45, 2.75) is 12.5 Å². The van der Waals surface area contributed by atoms with Gasteiger partial charge in [0.25, 0.3) is 0 Å². The molecule has 92 valence electrons. The Bertz CT molecular complexity index is 565. The first-order chi connectivity index (χ1) is 8.78. The Balaban J connectivity index is 1.86. The number of halogens is 1. The molecule has 1 N–H and O–H groups in total. The summed E-state index contributed by atoms with van der Waals surface area (Å²) in [7, 11) is 1.68. The molecule has 0 aliphatic carbocycles. The summed E-state index contributed by atoms with van der Waals surface area (Å²) in [6.07, 6.45) is 0.974. The Morgan fingerprint density at radius 2 is 1.94 bits per heavy atom. The molecule has 0 fully saturated rings. The van der Waals surface area contributed by atoms with E-state index in [1.165, 1.54) is 11.1 Å². The number of rotatable bonds is 2. The number of ether oxygens (including phenoxy) is 1. The van der Waals surface area contributed by atoms with Crippen LogP contribution < -0.4 is 10.1 Å². The molecule has 0 radical (unpaired) electrons. The van der Waals surface area contributed by atoms with Gasteiger partial charge in [0.1, 0.15) is 5.75 Å². The third-order valence-corrected chi connectivity index (χ3v) is 3.68. The van der Waals surface area contributed by atoms with Gasteiger partial charge in [-0.05, 0) is 35.7 Å². The second kappa shape index (κ2) is 4.54. The van der Waals surface area contributed by atoms with Crippen molar-refractivity contribution in [3.8, 4) is 5.75 Å². The lowest BCUT2D eigenvalue weighted by Gasteiger charge is -2.12. The average molecular weight is 260 g/mol. The molecule has 1 atom stereocenters. The van der Waals surface area contributed by atoms with Crippen molar-refractivity contribution >= 4 is 17.3 Å². The van der Waals surface area contributed by atoms with Crippen LogP contribution in [-0.2, 0) is 6.42 Å². The van der Waals surface area contributed by atoms with E-state index in [2.05, 4.69) is 23.5 Å². The van der Waals surface area contributed by atoms with Crippen LogP contribution in [-0.4, -0.2) is 7.11 Å². The second-order valence-corrected chi connectivity index (χ2v) is 4.86. The van der Waals surface area contributed by atoms with E-state index in [0.717, 1.165) is 22.9 Å². The molecule has 0 aromatic heterocycles. The predicted molar refractivity (Wildman–Crippen MR) is 74.5 cm³/mol. The van der Waals surface area contributed by atoms with E-state index in [4.69, 9.17) is 16.3 Å². The topological polar surface area (TPSA) is 21.3 Å². The largest absolute Gasteiger partial charge is 0.497 e. The molecular formula is C15H14ClNO. The highest BCUT2D eigenvalue weighted by Crippen LogP contribution is 2.38. The molecule has 0 amide bonds. The molecule has 1 aliphatic heterocycles. The number of para-hydroxylation sites is 1. The monoisotopic (exact) mass is 259 g/mol. The molecule has 0 saturated carbocycles. The standard InChI is InChI=1S/C15H14ClNO/c1-18-12-7-5-10(6-8-12)14-9-11-3-2-4-13(16)15(11)17-14/h2-8,14,17H,9H2,1H3. The molecule has 2 aromatic carbocycles. The van der Waals surface area contributed by atoms with Gasteiger partial charge in [0.2, 0.25) is 0 Å². The fraction of sp³-hybridized carbons (Fsp3) is 0.200. The molecule has 2 aromatic rings. The summed E-state index contributed by atoms with van der Waals surface area (Å²) in [5, 5.41) is 4.28. The highest BCUT2D eigenvalue weighted by Gasteiger charge is 2.23. The van der Waals surface area contributed by atoms with Gasteiger partial charge in [0, 0.05) is 0 Å². The predicted octanol–water partition coefficient (Wildman–Crippen LogP) is 4.06. The lowest BCUT2D eigenvalue weighted by Crippen LogP contribution is -2.05. The smallest absolute Gasteiger partial charge is 0.118 e. The third-order valence-electron chi connectivity index (χ3n) is 3.36. The van der Waals surface area contributed by atoms with Gasteiger partial charge in [-0.1, -0.05) is 35.9 Å². The molecule has 18 heavy (non-hydrogen) atoms. The van der Waals surface area contributed by atoms with Gasteiger partial charge >= 0.3 is 0 Å². The van der Waals surface area contributed by atoms with Crippen molar-refractivity contribution in [3.05, 3.63) is 58.6 Å². The fourth-order valence-electron chi connectivity index (χ4n) is 2.38. The van der Waals surface area contributed by atoms with Crippen LogP contribution in [0.15, 0.2) is 42.5 Å². The molecule has 3 rings (SSSR count). The van der Waals surface area contributed by atoms with Crippen LogP contribution >= 0.6 is 11.6 Å². The first-order valence-electron chi connectivity index (χ1n) is 5.96. The van der Waals surface area contributed by atoms with Gasteiger partial charge in [0.05, 0.1) is 23.9 Å². The zero-order valence-corrected chi connectivity index (χ0v) is 10.9. The van der Waals surface area contributed by atoms with Gasteiger partial charge in [-0.3, -0.25) is 0 Å². The lowest BCUT2D eigenvalue weighted by molar-refractivity contribution is 0.414. The van der Waals surface area contributed by atoms with Crippen molar-refractivity contribution in [1.29, 1.82) is 0 Å². The minimum absolute atomic E-state index is 0.297. The van der Waals surface area contributed by atoms with Crippen LogP contribution in [0.5, 0.6) is 5.75 Å². The van der Waals surface area contributed by atoms with E-state index in [1.54, 1.807) is 7.11 Å². The Labute approximate surface area is 112 Å². The number of fused-ring (bicyclic) bond motifs is 1. The molecule has 0 bridgehead atoms. The van der Waals surface area contributed by atoms with E-state index in [0.29, 0.717) is 6.04 Å². The minimum atomic E-state index is 0.297. The van der Waals surface area contributed by atoms with Crippen molar-refractivity contribution in [1.82, 2.24) is 0 Å². The normalized spacial score (nSPS) is 17.1. The van der Waals surface area contributed by atoms with Crippen LogP contribution in [0.1, 0.15) is 17.2 Å². The number of anilines is 1. The van der Waals surface area contributed by atoms with Crippen LogP contribution in [0.4, 0.5) is 5.69 Å². The molecule has 1 unspecified atom stereocenters. The van der Waals surface area contributed by atoms with Gasteiger partial charge in [0.15, 0.2) is 0 Å². The quantitative estimate of drug-likeness (QED) is 0.878. The van der Waals surface area contributed by atoms with E-state index >= 15 is 0 Å². The fourth-order valence-corrected chi connectivity index (χ4v) is 2.63. The Morgan fingerprint density at radius 3 is 2.61 bits per heavy atom. The highest BCUT2D eigenvalue weighted by atomic mass is 35.5. The highest BCUT2D eigenvalue weighted by molar-refractivity contribution is 6.33. The van der Waals surface area contributed by atoms with Crippen molar-refractivity contribution < 1.29 is 4.74 Å². The maximum Gasteiger partial charge on any atom is 0.118 e. The van der Waals surface area contributed by atoms with Crippen LogP contribution in [0.25, 0.3) is 0 Å². The minimum Gasteiger partial charge on any atom is -0.497 e. The van der Waals surface area contributed by atoms with Crippen molar-refractivity contribution in [3.63, 3.8) is 0 Å². The van der Waals surface area contributed by atoms with Crippen LogP contribution in [0.3, 0.4) is 0 Å². The van der Waals surface area contributed by atoms with Gasteiger partial charge in [-0.15, -0.1) is 0 Å². The Morgan fingerprint density at radius 1 is 1.17 bits per heavy atom. The van der Waals surface area contributed by atoms with Crippen LogP contribution in [0, 0.1) is 0 Å². The van der Waals surface area contributed by atoms with E-state index < -0.39 is 0 Å². The second-order valence-electron chi connectivity index (χ2n) is 4.45. The first kappa shape index (κ1) is 11.4. The third kappa shape index (κ3) is 1.93. The number of hydrogen-bond acceptors (Lipinski definition) is 2. The van der Waals surface area contributed by atoms with Gasteiger partial charge in [-0.2, -0.15) is 0 Å². The molecule has 3 heteroatoms. The molecule has 1 heterocycles. The van der Waals surface area contributed by atoms with Crippen molar-refractivity contribution in [2.75, 3.05) is 12.4 Å². The average Bonchev–Trinajstić information content (AvgIpc) is 2.84. The molecular weight excluding hydrogens is 246 g/mol. The molecule has 0 saturated heterocycles. The summed E-state index contributed by atoms with van der Waals surface area (Å²) in [5.74, 6) is 0.882. The number of methoxy groups -OCH3 is 1. The zero-order valence-electron chi connectivity index (χ0n) is 10.1. The maximum absolute atomic E-state index is 6.19. The number of nitrogens with one attached hydrogen (secondary N) is 1. The van der Waals surface area contributed by atoms with Gasteiger partial charge < -0.3 is 10.1 Å². The molecule has 2 nitrogen and oxygen atoms in total. The summed E-state index contributed by atoms with van der Waals surface area (Å²) in [4.78, 5) is 0. The SMILES string of the molecule is COc1ccc(C2Cc3cccc(Cl)c3N2)cc1. The summed E-state index contributed by atoms with van der Waals surface area (Å²) in [5.41, 5.74) is 3.60. The van der Waals surface area contributed by atoms with Gasteiger partial charge in [-0.25, -0.2) is 0 Å². The Hall–Kier alpha value is -1.67. The maximum atomic E-state index is 6.19. The zero-order chi connectivity index (χ0) is 12.5. The molecule has 0 spiro atoms. The lowest BCUT2D eigenvalue weighted by atomic mass is 10.0. The van der Waals surface area contributed by atoms with E-state index in [-0.39, 0.29) is 0 Å². The van der Waals surface area contributed by atoms with Crippen molar-refractivity contribution in [2.24, 2.45) is 0 Å². The summed E-state index contributed by atoms with van der Waals surface area (Å²) < 4.78 is 5.17. The number of benzene rings is 2. The van der Waals surface area contributed by atoms with E-state index in [9.17, 15) is 0 Å². The number of hydrogen-bond donors (Lipinski definition) is 1. The Kier molecular flexibility index (Phi) is 2.88. The molecule has 1 aliphatic rings. The van der Waals surface area contributed by atoms with Crippen LogP contribution in [0.2, 0.25) is 5.02 Å². The summed E-state index contributed by atoms with van der Waals surface area (Å²) >= 11 is 6.19. The summed E-state index contributed by atoms with van der Waals surface area (Å²) in [6, 6.07) is 14.5.